The van der Waals surface area contributed by atoms with E-state index in [4.69, 9.17) is 5.11 Å². The van der Waals surface area contributed by atoms with Gasteiger partial charge < -0.3 is 15.7 Å². The highest BCUT2D eigenvalue weighted by molar-refractivity contribution is 5.85. The molecule has 0 radical (unpaired) electrons. The first kappa shape index (κ1) is 13.0. The topological polar surface area (TPSA) is 78.4 Å². The van der Waals surface area contributed by atoms with Crippen LogP contribution in [0.4, 0.5) is 0 Å². The van der Waals surface area contributed by atoms with Crippen molar-refractivity contribution in [2.24, 2.45) is 5.92 Å². The molecule has 92 valence electrons. The molecule has 3 N–H and O–H groups in total. The lowest BCUT2D eigenvalue weighted by Crippen LogP contribution is -2.47. The highest BCUT2D eigenvalue weighted by atomic mass is 16.4. The first-order chi connectivity index (χ1) is 7.65. The molecule has 1 aliphatic heterocycles. The Kier molecular flexibility index (Phi) is 5.25. The van der Waals surface area contributed by atoms with Gasteiger partial charge >= 0.3 is 5.97 Å². The predicted molar refractivity (Wildman–Crippen MR) is 60.1 cm³/mol. The van der Waals surface area contributed by atoms with E-state index in [9.17, 15) is 9.59 Å². The zero-order chi connectivity index (χ0) is 12.0. The lowest BCUT2D eigenvalue weighted by molar-refractivity contribution is -0.142. The van der Waals surface area contributed by atoms with E-state index in [1.54, 1.807) is 0 Å². The summed E-state index contributed by atoms with van der Waals surface area (Å²) in [5, 5.41) is 14.7. The number of piperidine rings is 1. The molecule has 0 aromatic carbocycles. The Morgan fingerprint density at radius 2 is 2.31 bits per heavy atom. The summed E-state index contributed by atoms with van der Waals surface area (Å²) in [6.45, 7) is 3.51. The number of aliphatic carboxylic acids is 1. The van der Waals surface area contributed by atoms with Gasteiger partial charge in [-0.2, -0.15) is 0 Å². The van der Waals surface area contributed by atoms with E-state index >= 15 is 0 Å². The van der Waals surface area contributed by atoms with Gasteiger partial charge in [-0.15, -0.1) is 0 Å². The monoisotopic (exact) mass is 228 g/mol. The fourth-order valence-electron chi connectivity index (χ4n) is 1.91. The number of hydrogen-bond acceptors (Lipinski definition) is 3. The molecule has 1 heterocycles. The van der Waals surface area contributed by atoms with E-state index in [1.807, 2.05) is 6.92 Å². The minimum atomic E-state index is -0.945. The summed E-state index contributed by atoms with van der Waals surface area (Å²) >= 11 is 0. The highest BCUT2D eigenvalue weighted by Crippen LogP contribution is 2.10. The van der Waals surface area contributed by atoms with Crippen LogP contribution in [0.5, 0.6) is 0 Å². The fraction of sp³-hybridized carbons (Fsp3) is 0.818. The Bertz CT molecular complexity index is 250. The summed E-state index contributed by atoms with van der Waals surface area (Å²) in [6, 6.07) is -0.737. The summed E-state index contributed by atoms with van der Waals surface area (Å²) in [5.41, 5.74) is 0. The van der Waals surface area contributed by atoms with E-state index in [0.29, 0.717) is 13.0 Å². The van der Waals surface area contributed by atoms with Gasteiger partial charge in [-0.05, 0) is 25.8 Å². The third-order valence-corrected chi connectivity index (χ3v) is 2.86. The van der Waals surface area contributed by atoms with Crippen LogP contribution in [0.15, 0.2) is 0 Å². The van der Waals surface area contributed by atoms with Crippen LogP contribution < -0.4 is 10.6 Å². The molecule has 0 bridgehead atoms. The second-order valence-electron chi connectivity index (χ2n) is 4.23. The summed E-state index contributed by atoms with van der Waals surface area (Å²) in [7, 11) is 0. The molecule has 5 nitrogen and oxygen atoms in total. The minimum absolute atomic E-state index is 0.0764. The second-order valence-corrected chi connectivity index (χ2v) is 4.23. The summed E-state index contributed by atoms with van der Waals surface area (Å²) in [4.78, 5) is 22.7. The number of amides is 1. The predicted octanol–water partition coefficient (Wildman–Crippen LogP) is 0.356. The third-order valence-electron chi connectivity index (χ3n) is 2.86. The van der Waals surface area contributed by atoms with Crippen LogP contribution in [-0.2, 0) is 9.59 Å². The molecule has 5 heteroatoms. The zero-order valence-corrected chi connectivity index (χ0v) is 9.66. The van der Waals surface area contributed by atoms with Gasteiger partial charge in [0.1, 0.15) is 6.04 Å². The molecule has 1 unspecified atom stereocenters. The van der Waals surface area contributed by atoms with Crippen LogP contribution in [-0.4, -0.2) is 36.1 Å². The molecule has 1 saturated heterocycles. The van der Waals surface area contributed by atoms with Gasteiger partial charge in [0.2, 0.25) is 5.91 Å². The second kappa shape index (κ2) is 6.48. The molecule has 0 aromatic rings. The molecular formula is C11H20N2O3. The van der Waals surface area contributed by atoms with E-state index in [-0.39, 0.29) is 11.8 Å². The maximum absolute atomic E-state index is 11.8. The first-order valence-electron chi connectivity index (χ1n) is 5.89. The Morgan fingerprint density at radius 1 is 1.56 bits per heavy atom. The molecule has 0 spiro atoms. The fourth-order valence-corrected chi connectivity index (χ4v) is 1.91. The SMILES string of the molecule is CCCC(NC(=O)[C@@H]1CCCNC1)C(=O)O. The van der Waals surface area contributed by atoms with Gasteiger partial charge in [0, 0.05) is 6.54 Å². The Hall–Kier alpha value is -1.10. The number of carboxylic acid groups (broad SMARTS) is 1. The quantitative estimate of drug-likeness (QED) is 0.634. The number of hydrogen-bond donors (Lipinski definition) is 3. The normalized spacial score (nSPS) is 22.4. The number of carboxylic acids is 1. The molecule has 0 saturated carbocycles. The molecule has 2 atom stereocenters. The van der Waals surface area contributed by atoms with Crippen LogP contribution in [0.25, 0.3) is 0 Å². The Balaban J connectivity index is 2.43. The average molecular weight is 228 g/mol. The molecule has 0 aliphatic carbocycles. The van der Waals surface area contributed by atoms with Gasteiger partial charge in [-0.25, -0.2) is 4.79 Å². The number of nitrogens with one attached hydrogen (secondary N) is 2. The van der Waals surface area contributed by atoms with E-state index < -0.39 is 12.0 Å². The summed E-state index contributed by atoms with van der Waals surface area (Å²) in [6.07, 6.45) is 3.06. The first-order valence-corrected chi connectivity index (χ1v) is 5.89. The van der Waals surface area contributed by atoms with Crippen molar-refractivity contribution in [3.8, 4) is 0 Å². The molecule has 16 heavy (non-hydrogen) atoms. The van der Waals surface area contributed by atoms with Crippen molar-refractivity contribution in [2.45, 2.75) is 38.6 Å². The van der Waals surface area contributed by atoms with Crippen LogP contribution in [0, 0.1) is 5.92 Å². The Morgan fingerprint density at radius 3 is 2.81 bits per heavy atom. The lowest BCUT2D eigenvalue weighted by Gasteiger charge is -2.23. The van der Waals surface area contributed by atoms with Crippen molar-refractivity contribution in [3.63, 3.8) is 0 Å². The minimum Gasteiger partial charge on any atom is -0.480 e. The smallest absolute Gasteiger partial charge is 0.326 e. The summed E-state index contributed by atoms with van der Waals surface area (Å²) in [5.74, 6) is -1.15. The van der Waals surface area contributed by atoms with Gasteiger partial charge in [0.15, 0.2) is 0 Å². The van der Waals surface area contributed by atoms with Crippen molar-refractivity contribution in [1.82, 2.24) is 10.6 Å². The summed E-state index contributed by atoms with van der Waals surface area (Å²) < 4.78 is 0. The van der Waals surface area contributed by atoms with Gasteiger partial charge in [-0.1, -0.05) is 13.3 Å². The number of carbonyl (C=O) groups is 2. The van der Waals surface area contributed by atoms with Crippen LogP contribution in [0.3, 0.4) is 0 Å². The van der Waals surface area contributed by atoms with Gasteiger partial charge in [-0.3, -0.25) is 4.79 Å². The van der Waals surface area contributed by atoms with Crippen molar-refractivity contribution in [3.05, 3.63) is 0 Å². The van der Waals surface area contributed by atoms with Crippen molar-refractivity contribution in [1.29, 1.82) is 0 Å². The number of rotatable bonds is 5. The zero-order valence-electron chi connectivity index (χ0n) is 9.66. The number of carbonyl (C=O) groups excluding carboxylic acids is 1. The molecule has 1 rings (SSSR count). The molecular weight excluding hydrogens is 208 g/mol. The molecule has 1 aliphatic rings. The Labute approximate surface area is 95.6 Å². The maximum atomic E-state index is 11.8. The van der Waals surface area contributed by atoms with Crippen molar-refractivity contribution in [2.75, 3.05) is 13.1 Å². The van der Waals surface area contributed by atoms with Crippen LogP contribution >= 0.6 is 0 Å². The van der Waals surface area contributed by atoms with E-state index in [1.165, 1.54) is 0 Å². The van der Waals surface area contributed by atoms with Crippen LogP contribution in [0.1, 0.15) is 32.6 Å². The maximum Gasteiger partial charge on any atom is 0.326 e. The largest absolute Gasteiger partial charge is 0.480 e. The third kappa shape index (κ3) is 3.81. The lowest BCUT2D eigenvalue weighted by atomic mass is 9.98. The molecule has 1 amide bonds. The van der Waals surface area contributed by atoms with Crippen molar-refractivity contribution < 1.29 is 14.7 Å². The van der Waals surface area contributed by atoms with E-state index in [0.717, 1.165) is 25.8 Å². The molecule has 1 fully saturated rings. The van der Waals surface area contributed by atoms with Gasteiger partial charge in [0.25, 0.3) is 0 Å². The standard InChI is InChI=1S/C11H20N2O3/c1-2-4-9(11(15)16)13-10(14)8-5-3-6-12-7-8/h8-9,12H,2-7H2,1H3,(H,13,14)(H,15,16)/t8-,9?/m1/s1. The van der Waals surface area contributed by atoms with Crippen molar-refractivity contribution >= 4 is 11.9 Å². The average Bonchev–Trinajstić information content (AvgIpc) is 2.29. The van der Waals surface area contributed by atoms with Crippen LogP contribution in [0.2, 0.25) is 0 Å². The van der Waals surface area contributed by atoms with E-state index in [2.05, 4.69) is 10.6 Å². The highest BCUT2D eigenvalue weighted by Gasteiger charge is 2.25. The molecule has 0 aromatic heterocycles. The van der Waals surface area contributed by atoms with Gasteiger partial charge in [0.05, 0.1) is 5.92 Å².